The number of aromatic nitrogens is 1. The highest BCUT2D eigenvalue weighted by molar-refractivity contribution is 14.1. The number of rotatable bonds is 2. The Morgan fingerprint density at radius 2 is 1.81 bits per heavy atom. The molecule has 3 aromatic rings. The molecule has 3 rings (SSSR count). The van der Waals surface area contributed by atoms with Crippen LogP contribution in [0.2, 0.25) is 10.0 Å². The number of anilines is 1. The van der Waals surface area contributed by atoms with Crippen LogP contribution in [0.3, 0.4) is 0 Å². The van der Waals surface area contributed by atoms with Crippen molar-refractivity contribution in [3.8, 4) is 22.5 Å². The molecule has 1 heterocycles. The van der Waals surface area contributed by atoms with E-state index in [-0.39, 0.29) is 0 Å². The molecule has 21 heavy (non-hydrogen) atoms. The van der Waals surface area contributed by atoms with Crippen LogP contribution in [0.1, 0.15) is 0 Å². The van der Waals surface area contributed by atoms with Gasteiger partial charge in [-0.05, 0) is 46.4 Å². The van der Waals surface area contributed by atoms with E-state index in [9.17, 15) is 0 Å². The van der Waals surface area contributed by atoms with Crippen molar-refractivity contribution in [2.24, 2.45) is 0 Å². The molecular weight excluding hydrogens is 422 g/mol. The molecule has 6 heteroatoms. The number of halogens is 3. The number of hydrogen-bond donors (Lipinski definition) is 1. The molecule has 0 saturated heterocycles. The molecule has 0 aliphatic heterocycles. The average molecular weight is 431 g/mol. The van der Waals surface area contributed by atoms with E-state index in [2.05, 4.69) is 27.7 Å². The molecule has 0 radical (unpaired) electrons. The SMILES string of the molecule is Nc1noc(-c2ccccc2I)c1-c1ccc(Cl)c(Cl)c1. The summed E-state index contributed by atoms with van der Waals surface area (Å²) in [6, 6.07) is 13.2. The summed E-state index contributed by atoms with van der Waals surface area (Å²) in [7, 11) is 0. The monoisotopic (exact) mass is 430 g/mol. The smallest absolute Gasteiger partial charge is 0.177 e. The van der Waals surface area contributed by atoms with Gasteiger partial charge in [-0.1, -0.05) is 52.6 Å². The summed E-state index contributed by atoms with van der Waals surface area (Å²) in [5.74, 6) is 0.943. The van der Waals surface area contributed by atoms with Gasteiger partial charge in [0.05, 0.1) is 15.6 Å². The van der Waals surface area contributed by atoms with E-state index in [1.807, 2.05) is 30.3 Å². The van der Waals surface area contributed by atoms with Crippen LogP contribution in [0.5, 0.6) is 0 Å². The molecular formula is C15H9Cl2IN2O. The van der Waals surface area contributed by atoms with Gasteiger partial charge in [0.2, 0.25) is 0 Å². The second-order valence-corrected chi connectivity index (χ2v) is 6.36. The molecule has 0 fully saturated rings. The molecule has 0 amide bonds. The van der Waals surface area contributed by atoms with Crippen molar-refractivity contribution in [3.05, 3.63) is 56.1 Å². The summed E-state index contributed by atoms with van der Waals surface area (Å²) >= 11 is 14.3. The molecule has 0 aliphatic rings. The summed E-state index contributed by atoms with van der Waals surface area (Å²) in [6.07, 6.45) is 0. The Kier molecular flexibility index (Phi) is 4.10. The van der Waals surface area contributed by atoms with Gasteiger partial charge < -0.3 is 10.3 Å². The van der Waals surface area contributed by atoms with Crippen LogP contribution in [0.4, 0.5) is 5.82 Å². The third kappa shape index (κ3) is 2.75. The highest BCUT2D eigenvalue weighted by atomic mass is 127. The van der Waals surface area contributed by atoms with E-state index < -0.39 is 0 Å². The second kappa shape index (κ2) is 5.87. The van der Waals surface area contributed by atoms with Crippen molar-refractivity contribution in [2.75, 3.05) is 5.73 Å². The second-order valence-electron chi connectivity index (χ2n) is 4.38. The molecule has 3 nitrogen and oxygen atoms in total. The van der Waals surface area contributed by atoms with Gasteiger partial charge >= 0.3 is 0 Å². The van der Waals surface area contributed by atoms with E-state index in [1.165, 1.54) is 0 Å². The lowest BCUT2D eigenvalue weighted by Gasteiger charge is -2.06. The third-order valence-corrected chi connectivity index (χ3v) is 4.72. The van der Waals surface area contributed by atoms with Crippen LogP contribution >= 0.6 is 45.8 Å². The van der Waals surface area contributed by atoms with Gasteiger partial charge in [0.25, 0.3) is 0 Å². The maximum atomic E-state index is 6.09. The van der Waals surface area contributed by atoms with Crippen LogP contribution in [0.15, 0.2) is 47.0 Å². The zero-order valence-corrected chi connectivity index (χ0v) is 14.3. The Hall–Kier alpha value is -1.24. The number of nitrogens with two attached hydrogens (primary N) is 1. The van der Waals surface area contributed by atoms with Gasteiger partial charge in [-0.15, -0.1) is 0 Å². The fraction of sp³-hybridized carbons (Fsp3) is 0. The normalized spacial score (nSPS) is 10.8. The van der Waals surface area contributed by atoms with Gasteiger partial charge in [-0.3, -0.25) is 0 Å². The number of hydrogen-bond acceptors (Lipinski definition) is 3. The Labute approximate surface area is 145 Å². The van der Waals surface area contributed by atoms with E-state index >= 15 is 0 Å². The largest absolute Gasteiger partial charge is 0.380 e. The van der Waals surface area contributed by atoms with Crippen molar-refractivity contribution in [3.63, 3.8) is 0 Å². The third-order valence-electron chi connectivity index (χ3n) is 3.05. The van der Waals surface area contributed by atoms with E-state index in [4.69, 9.17) is 33.5 Å². The van der Waals surface area contributed by atoms with E-state index in [0.29, 0.717) is 21.6 Å². The molecule has 2 aromatic carbocycles. The van der Waals surface area contributed by atoms with Crippen LogP contribution in [0, 0.1) is 3.57 Å². The quantitative estimate of drug-likeness (QED) is 0.546. The Morgan fingerprint density at radius 1 is 1.05 bits per heavy atom. The lowest BCUT2D eigenvalue weighted by atomic mass is 10.0. The lowest BCUT2D eigenvalue weighted by molar-refractivity contribution is 0.436. The van der Waals surface area contributed by atoms with Gasteiger partial charge in [0, 0.05) is 9.13 Å². The van der Waals surface area contributed by atoms with Gasteiger partial charge in [0.1, 0.15) is 0 Å². The molecule has 0 bridgehead atoms. The standard InChI is InChI=1S/C15H9Cl2IN2O/c16-10-6-5-8(7-11(10)17)13-14(21-20-15(13)19)9-3-1-2-4-12(9)18/h1-7H,(H2,19,20). The summed E-state index contributed by atoms with van der Waals surface area (Å²) in [6.45, 7) is 0. The highest BCUT2D eigenvalue weighted by Crippen LogP contribution is 2.39. The maximum Gasteiger partial charge on any atom is 0.177 e. The molecule has 0 unspecified atom stereocenters. The minimum atomic E-state index is 0.322. The minimum absolute atomic E-state index is 0.322. The molecule has 2 N–H and O–H groups in total. The Morgan fingerprint density at radius 3 is 2.52 bits per heavy atom. The Balaban J connectivity index is 2.22. The van der Waals surface area contributed by atoms with Crippen molar-refractivity contribution in [1.82, 2.24) is 5.16 Å². The fourth-order valence-corrected chi connectivity index (χ4v) is 2.99. The van der Waals surface area contributed by atoms with E-state index in [0.717, 1.165) is 20.3 Å². The highest BCUT2D eigenvalue weighted by Gasteiger charge is 2.19. The summed E-state index contributed by atoms with van der Waals surface area (Å²) in [5.41, 5.74) is 8.44. The van der Waals surface area contributed by atoms with Crippen molar-refractivity contribution in [2.45, 2.75) is 0 Å². The molecule has 0 atom stereocenters. The van der Waals surface area contributed by atoms with Crippen molar-refractivity contribution in [1.29, 1.82) is 0 Å². The molecule has 0 aliphatic carbocycles. The Bertz CT molecular complexity index is 817. The average Bonchev–Trinajstić information content (AvgIpc) is 2.84. The van der Waals surface area contributed by atoms with Crippen LogP contribution in [-0.4, -0.2) is 5.16 Å². The predicted octanol–water partition coefficient (Wildman–Crippen LogP) is 5.50. The zero-order valence-electron chi connectivity index (χ0n) is 10.6. The van der Waals surface area contributed by atoms with Gasteiger partial charge in [-0.25, -0.2) is 0 Å². The number of nitrogens with zero attached hydrogens (tertiary/aromatic N) is 1. The van der Waals surface area contributed by atoms with Crippen molar-refractivity contribution < 1.29 is 4.52 Å². The summed E-state index contributed by atoms with van der Waals surface area (Å²) in [4.78, 5) is 0. The van der Waals surface area contributed by atoms with Gasteiger partial charge in [-0.2, -0.15) is 0 Å². The maximum absolute atomic E-state index is 6.09. The topological polar surface area (TPSA) is 52.0 Å². The van der Waals surface area contributed by atoms with Crippen LogP contribution in [0.25, 0.3) is 22.5 Å². The number of nitrogen functional groups attached to an aromatic ring is 1. The lowest BCUT2D eigenvalue weighted by Crippen LogP contribution is -1.90. The van der Waals surface area contributed by atoms with Crippen molar-refractivity contribution >= 4 is 51.6 Å². The first kappa shape index (κ1) is 14.7. The fourth-order valence-electron chi connectivity index (χ4n) is 2.06. The first-order chi connectivity index (χ1) is 10.1. The first-order valence-corrected chi connectivity index (χ1v) is 7.87. The molecule has 0 spiro atoms. The predicted molar refractivity (Wildman–Crippen MR) is 94.5 cm³/mol. The molecule has 0 saturated carbocycles. The molecule has 106 valence electrons. The minimum Gasteiger partial charge on any atom is -0.380 e. The summed E-state index contributed by atoms with van der Waals surface area (Å²) in [5, 5.41) is 4.84. The molecule has 1 aromatic heterocycles. The van der Waals surface area contributed by atoms with Crippen LogP contribution in [-0.2, 0) is 0 Å². The van der Waals surface area contributed by atoms with E-state index in [1.54, 1.807) is 12.1 Å². The number of benzene rings is 2. The zero-order chi connectivity index (χ0) is 15.0. The first-order valence-electron chi connectivity index (χ1n) is 6.03. The van der Waals surface area contributed by atoms with Gasteiger partial charge in [0.15, 0.2) is 11.6 Å². The van der Waals surface area contributed by atoms with Crippen LogP contribution < -0.4 is 5.73 Å². The summed E-state index contributed by atoms with van der Waals surface area (Å²) < 4.78 is 6.48.